The highest BCUT2D eigenvalue weighted by atomic mass is 79.9. The first-order valence-corrected chi connectivity index (χ1v) is 8.66. The van der Waals surface area contributed by atoms with Crippen LogP contribution in [0.2, 0.25) is 0 Å². The molecule has 0 aliphatic carbocycles. The largest absolute Gasteiger partial charge is 0.459 e. The third-order valence-corrected chi connectivity index (χ3v) is 4.32. The van der Waals surface area contributed by atoms with Gasteiger partial charge in [-0.2, -0.15) is 0 Å². The summed E-state index contributed by atoms with van der Waals surface area (Å²) in [7, 11) is 0. The molecule has 0 saturated carbocycles. The molecule has 1 amide bonds. The van der Waals surface area contributed by atoms with Crippen LogP contribution in [-0.4, -0.2) is 10.8 Å². The summed E-state index contributed by atoms with van der Waals surface area (Å²) >= 11 is 3.38. The smallest absolute Gasteiger partial charge is 0.273 e. The van der Waals surface area contributed by atoms with E-state index < -0.39 is 4.92 Å². The minimum atomic E-state index is -0.486. The number of furan rings is 1. The fourth-order valence-corrected chi connectivity index (χ4v) is 2.77. The number of halogens is 1. The molecule has 2 aromatic carbocycles. The quantitative estimate of drug-likeness (QED) is 0.475. The maximum absolute atomic E-state index is 12.1. The Morgan fingerprint density at radius 3 is 2.54 bits per heavy atom. The van der Waals surface area contributed by atoms with Crippen molar-refractivity contribution in [1.29, 1.82) is 0 Å². The average molecular weight is 415 g/mol. The van der Waals surface area contributed by atoms with Crippen molar-refractivity contribution >= 4 is 27.5 Å². The summed E-state index contributed by atoms with van der Waals surface area (Å²) in [5.41, 5.74) is 1.26. The van der Waals surface area contributed by atoms with Gasteiger partial charge in [0.15, 0.2) is 0 Å². The van der Waals surface area contributed by atoms with Gasteiger partial charge in [0.1, 0.15) is 11.5 Å². The molecule has 3 rings (SSSR count). The third kappa shape index (κ3) is 4.37. The topological polar surface area (TPSA) is 85.4 Å². The lowest BCUT2D eigenvalue weighted by molar-refractivity contribution is -0.385. The molecule has 0 spiro atoms. The van der Waals surface area contributed by atoms with Crippen molar-refractivity contribution in [1.82, 2.24) is 5.32 Å². The highest BCUT2D eigenvalue weighted by Crippen LogP contribution is 2.24. The van der Waals surface area contributed by atoms with Crippen molar-refractivity contribution in [2.75, 3.05) is 0 Å². The number of hydrogen-bond donors (Lipinski definition) is 1. The number of carbonyl (C=O) groups is 1. The second-order valence-corrected chi connectivity index (χ2v) is 6.53. The van der Waals surface area contributed by atoms with Crippen molar-refractivity contribution in [2.24, 2.45) is 0 Å². The van der Waals surface area contributed by atoms with Crippen LogP contribution < -0.4 is 5.32 Å². The molecule has 26 heavy (non-hydrogen) atoms. The van der Waals surface area contributed by atoms with E-state index in [4.69, 9.17) is 4.42 Å². The number of carbonyl (C=O) groups excluding carboxylic acids is 1. The molecule has 0 unspecified atom stereocenters. The number of para-hydroxylation sites is 1. The molecule has 1 aromatic heterocycles. The van der Waals surface area contributed by atoms with Crippen LogP contribution in [0.3, 0.4) is 0 Å². The van der Waals surface area contributed by atoms with Gasteiger partial charge in [0.2, 0.25) is 5.91 Å². The molecule has 0 atom stereocenters. The summed E-state index contributed by atoms with van der Waals surface area (Å²) < 4.78 is 6.72. The van der Waals surface area contributed by atoms with Crippen LogP contribution in [0, 0.1) is 10.1 Å². The first-order chi connectivity index (χ1) is 12.5. The second kappa shape index (κ2) is 7.97. The van der Waals surface area contributed by atoms with E-state index in [-0.39, 0.29) is 24.6 Å². The van der Waals surface area contributed by atoms with E-state index in [2.05, 4.69) is 21.2 Å². The van der Waals surface area contributed by atoms with Gasteiger partial charge in [-0.05, 0) is 24.3 Å². The summed E-state index contributed by atoms with van der Waals surface area (Å²) in [5.74, 6) is 1.01. The zero-order valence-electron chi connectivity index (χ0n) is 13.6. The van der Waals surface area contributed by atoms with E-state index in [0.29, 0.717) is 17.1 Å². The maximum atomic E-state index is 12.1. The van der Waals surface area contributed by atoms with E-state index in [1.54, 1.807) is 24.3 Å². The van der Waals surface area contributed by atoms with E-state index in [9.17, 15) is 14.9 Å². The number of nitrogens with one attached hydrogen (secondary N) is 1. The molecule has 132 valence electrons. The van der Waals surface area contributed by atoms with Crippen molar-refractivity contribution in [2.45, 2.75) is 13.0 Å². The number of nitro benzene ring substituents is 1. The van der Waals surface area contributed by atoms with E-state index in [0.717, 1.165) is 10.0 Å². The minimum absolute atomic E-state index is 0.0572. The van der Waals surface area contributed by atoms with Crippen LogP contribution in [0.1, 0.15) is 11.3 Å². The number of nitro groups is 1. The Bertz CT molecular complexity index is 935. The molecule has 0 bridgehead atoms. The van der Waals surface area contributed by atoms with Crippen LogP contribution in [0.4, 0.5) is 5.69 Å². The summed E-state index contributed by atoms with van der Waals surface area (Å²) in [5, 5.41) is 13.7. The van der Waals surface area contributed by atoms with Gasteiger partial charge < -0.3 is 9.73 Å². The number of rotatable bonds is 6. The number of hydrogen-bond acceptors (Lipinski definition) is 4. The van der Waals surface area contributed by atoms with Crippen molar-refractivity contribution < 1.29 is 14.1 Å². The maximum Gasteiger partial charge on any atom is 0.273 e. The zero-order chi connectivity index (χ0) is 18.5. The highest BCUT2D eigenvalue weighted by molar-refractivity contribution is 9.10. The van der Waals surface area contributed by atoms with Gasteiger partial charge in [-0.1, -0.05) is 46.3 Å². The zero-order valence-corrected chi connectivity index (χ0v) is 15.2. The lowest BCUT2D eigenvalue weighted by atomic mass is 10.1. The molecule has 6 nitrogen and oxygen atoms in total. The Hall–Kier alpha value is -2.93. The van der Waals surface area contributed by atoms with Crippen LogP contribution >= 0.6 is 15.9 Å². The molecule has 3 aromatic rings. The second-order valence-electron chi connectivity index (χ2n) is 5.61. The van der Waals surface area contributed by atoms with E-state index >= 15 is 0 Å². The van der Waals surface area contributed by atoms with E-state index in [1.807, 2.05) is 30.3 Å². The number of amides is 1. The molecular formula is C19H15BrN2O4. The molecule has 0 radical (unpaired) electrons. The van der Waals surface area contributed by atoms with Gasteiger partial charge in [0.25, 0.3) is 5.69 Å². The van der Waals surface area contributed by atoms with Crippen LogP contribution in [0.15, 0.2) is 69.6 Å². The Kier molecular flexibility index (Phi) is 5.48. The Labute approximate surface area is 158 Å². The minimum Gasteiger partial charge on any atom is -0.459 e. The van der Waals surface area contributed by atoms with Crippen molar-refractivity contribution in [3.8, 4) is 11.3 Å². The lowest BCUT2D eigenvalue weighted by Crippen LogP contribution is -2.24. The third-order valence-electron chi connectivity index (χ3n) is 3.79. The summed E-state index contributed by atoms with van der Waals surface area (Å²) in [6, 6.07) is 17.6. The molecule has 0 saturated heterocycles. The van der Waals surface area contributed by atoms with Gasteiger partial charge in [-0.15, -0.1) is 0 Å². The molecule has 0 fully saturated rings. The standard InChI is InChI=1S/C19H15BrN2O4/c20-15-7-5-13(6-8-15)18-10-9-16(26-18)12-21-19(23)11-14-3-1-2-4-17(14)22(24)25/h1-10H,11-12H2,(H,21,23). The number of nitrogens with zero attached hydrogens (tertiary/aromatic N) is 1. The van der Waals surface area contributed by atoms with E-state index in [1.165, 1.54) is 6.07 Å². The fraction of sp³-hybridized carbons (Fsp3) is 0.105. The van der Waals surface area contributed by atoms with Gasteiger partial charge in [-0.25, -0.2) is 0 Å². The Balaban J connectivity index is 1.60. The van der Waals surface area contributed by atoms with Gasteiger partial charge in [0, 0.05) is 21.7 Å². The Morgan fingerprint density at radius 2 is 1.81 bits per heavy atom. The number of benzene rings is 2. The molecule has 1 N–H and O–H groups in total. The van der Waals surface area contributed by atoms with Crippen molar-refractivity contribution in [3.63, 3.8) is 0 Å². The predicted molar refractivity (Wildman–Crippen MR) is 100 cm³/mol. The van der Waals surface area contributed by atoms with Gasteiger partial charge in [-0.3, -0.25) is 14.9 Å². The molecule has 7 heteroatoms. The van der Waals surface area contributed by atoms with Gasteiger partial charge in [0.05, 0.1) is 17.9 Å². The summed E-state index contributed by atoms with van der Waals surface area (Å²) in [4.78, 5) is 22.6. The molecular weight excluding hydrogens is 400 g/mol. The SMILES string of the molecule is O=C(Cc1ccccc1[N+](=O)[O-])NCc1ccc(-c2ccc(Br)cc2)o1. The van der Waals surface area contributed by atoms with Crippen LogP contribution in [0.25, 0.3) is 11.3 Å². The summed E-state index contributed by atoms with van der Waals surface area (Å²) in [6.45, 7) is 0.218. The monoisotopic (exact) mass is 414 g/mol. The normalized spacial score (nSPS) is 10.5. The average Bonchev–Trinajstić information content (AvgIpc) is 3.10. The van der Waals surface area contributed by atoms with Crippen molar-refractivity contribution in [3.05, 3.63) is 86.6 Å². The molecule has 1 heterocycles. The predicted octanol–water partition coefficient (Wildman–Crippen LogP) is 4.48. The van der Waals surface area contributed by atoms with Crippen LogP contribution in [0.5, 0.6) is 0 Å². The summed E-state index contributed by atoms with van der Waals surface area (Å²) in [6.07, 6.45) is -0.0581. The first-order valence-electron chi connectivity index (χ1n) is 7.86. The Morgan fingerprint density at radius 1 is 1.08 bits per heavy atom. The first kappa shape index (κ1) is 17.9. The highest BCUT2D eigenvalue weighted by Gasteiger charge is 2.15. The van der Waals surface area contributed by atoms with Crippen LogP contribution in [-0.2, 0) is 17.8 Å². The molecule has 0 aliphatic rings. The lowest BCUT2D eigenvalue weighted by Gasteiger charge is -2.04. The molecule has 0 aliphatic heterocycles. The van der Waals surface area contributed by atoms with Gasteiger partial charge >= 0.3 is 0 Å². The fourth-order valence-electron chi connectivity index (χ4n) is 2.50.